The molecule has 0 fully saturated rings. The number of hydrogen-bond acceptors (Lipinski definition) is 4. The predicted molar refractivity (Wildman–Crippen MR) is 51.8 cm³/mol. The van der Waals surface area contributed by atoms with Gasteiger partial charge in [-0.3, -0.25) is 4.79 Å². The van der Waals surface area contributed by atoms with Crippen molar-refractivity contribution >= 4 is 28.5 Å². The van der Waals surface area contributed by atoms with Crippen LogP contribution < -0.4 is 0 Å². The highest BCUT2D eigenvalue weighted by Crippen LogP contribution is 2.22. The van der Waals surface area contributed by atoms with Crippen molar-refractivity contribution in [2.45, 2.75) is 11.6 Å². The first-order valence-corrected chi connectivity index (χ1v) is 4.97. The normalized spacial score (nSPS) is 11.5. The molecule has 1 rings (SSSR count). The first-order valence-electron chi connectivity index (χ1n) is 3.72. The number of alkyl halides is 2. The van der Waals surface area contributed by atoms with Gasteiger partial charge in [-0.2, -0.15) is 0 Å². The van der Waals surface area contributed by atoms with Crippen LogP contribution in [0.2, 0.25) is 0 Å². The van der Waals surface area contributed by atoms with E-state index >= 15 is 0 Å². The molecule has 0 atom stereocenters. The van der Waals surface area contributed by atoms with Crippen LogP contribution in [0.1, 0.15) is 12.2 Å². The molecule has 0 aliphatic heterocycles. The molecule has 0 aliphatic rings. The molecule has 0 aromatic carbocycles. The minimum absolute atomic E-state index is 0.102. The van der Waals surface area contributed by atoms with E-state index in [2.05, 4.69) is 10.2 Å². The maximum absolute atomic E-state index is 12.3. The van der Waals surface area contributed by atoms with E-state index in [1.807, 2.05) is 0 Å². The van der Waals surface area contributed by atoms with Crippen molar-refractivity contribution in [3.05, 3.63) is 17.4 Å². The number of thioether (sulfide) groups is 1. The van der Waals surface area contributed by atoms with Crippen LogP contribution in [0.5, 0.6) is 0 Å². The van der Waals surface area contributed by atoms with E-state index < -0.39 is 17.4 Å². The Balaban J connectivity index is 2.83. The third kappa shape index (κ3) is 3.00. The van der Waals surface area contributed by atoms with Crippen LogP contribution in [0.4, 0.5) is 8.78 Å². The summed E-state index contributed by atoms with van der Waals surface area (Å²) in [4.78, 5) is 11.1. The van der Waals surface area contributed by atoms with Gasteiger partial charge >= 0.3 is 0 Å². The SMILES string of the molecule is Cn1c(SC(=O)/C=C/Cl)nnc1C(F)F. The maximum Gasteiger partial charge on any atom is 0.297 e. The average Bonchev–Trinajstić information content (AvgIpc) is 2.48. The molecule has 1 aromatic heterocycles. The molecular formula is C7H6ClF2N3OS. The van der Waals surface area contributed by atoms with E-state index in [0.29, 0.717) is 11.8 Å². The molecule has 0 aliphatic carbocycles. The smallest absolute Gasteiger partial charge is 0.297 e. The van der Waals surface area contributed by atoms with Gasteiger partial charge in [-0.25, -0.2) is 8.78 Å². The van der Waals surface area contributed by atoms with Crippen molar-refractivity contribution in [1.82, 2.24) is 14.8 Å². The van der Waals surface area contributed by atoms with Crippen LogP contribution in [-0.4, -0.2) is 19.9 Å². The van der Waals surface area contributed by atoms with E-state index in [9.17, 15) is 13.6 Å². The van der Waals surface area contributed by atoms with Gasteiger partial charge in [0.2, 0.25) is 10.9 Å². The molecule has 8 heteroatoms. The zero-order chi connectivity index (χ0) is 11.4. The van der Waals surface area contributed by atoms with Gasteiger partial charge in [-0.05, 0) is 11.8 Å². The maximum atomic E-state index is 12.3. The van der Waals surface area contributed by atoms with Gasteiger partial charge in [-0.15, -0.1) is 10.2 Å². The number of carbonyl (C=O) groups is 1. The third-order valence-electron chi connectivity index (χ3n) is 1.45. The van der Waals surface area contributed by atoms with E-state index in [1.54, 1.807) is 0 Å². The fourth-order valence-electron chi connectivity index (χ4n) is 0.780. The van der Waals surface area contributed by atoms with Gasteiger partial charge in [0.1, 0.15) is 0 Å². The Hall–Kier alpha value is -0.950. The number of carbonyl (C=O) groups excluding carboxylic acids is 1. The molecule has 82 valence electrons. The van der Waals surface area contributed by atoms with Gasteiger partial charge in [0, 0.05) is 18.7 Å². The zero-order valence-corrected chi connectivity index (χ0v) is 9.10. The minimum atomic E-state index is -2.71. The molecule has 0 saturated carbocycles. The van der Waals surface area contributed by atoms with Crippen molar-refractivity contribution in [3.8, 4) is 0 Å². The standard InChI is InChI=1S/C7H6ClF2N3OS/c1-13-6(5(9)10)11-12-7(13)15-4(14)2-3-8/h2-3,5H,1H3/b3-2+. The Morgan fingerprint density at radius 3 is 2.73 bits per heavy atom. The molecule has 1 heterocycles. The van der Waals surface area contributed by atoms with Crippen molar-refractivity contribution in [2.24, 2.45) is 7.05 Å². The first-order chi connectivity index (χ1) is 7.06. The second-order valence-electron chi connectivity index (χ2n) is 2.41. The molecule has 1 aromatic rings. The first kappa shape index (κ1) is 12.1. The average molecular weight is 254 g/mol. The number of halogens is 3. The monoisotopic (exact) mass is 253 g/mol. The Morgan fingerprint density at radius 2 is 2.27 bits per heavy atom. The van der Waals surface area contributed by atoms with Crippen molar-refractivity contribution in [1.29, 1.82) is 0 Å². The molecule has 0 spiro atoms. The molecule has 0 bridgehead atoms. The molecule has 0 amide bonds. The van der Waals surface area contributed by atoms with E-state index in [-0.39, 0.29) is 5.16 Å². The minimum Gasteiger partial charge on any atom is -0.304 e. The number of hydrogen-bond donors (Lipinski definition) is 0. The highest BCUT2D eigenvalue weighted by Gasteiger charge is 2.18. The molecule has 0 saturated heterocycles. The van der Waals surface area contributed by atoms with E-state index in [4.69, 9.17) is 11.6 Å². The lowest BCUT2D eigenvalue weighted by Crippen LogP contribution is -2.00. The number of rotatable bonds is 3. The number of aromatic nitrogens is 3. The molecule has 15 heavy (non-hydrogen) atoms. The summed E-state index contributed by atoms with van der Waals surface area (Å²) in [5.74, 6) is -0.472. The van der Waals surface area contributed by atoms with Crippen LogP contribution in [0.3, 0.4) is 0 Å². The summed E-state index contributed by atoms with van der Waals surface area (Å²) in [6.07, 6.45) is -1.61. The summed E-state index contributed by atoms with van der Waals surface area (Å²) in [5, 5.41) is 6.42. The molecule has 0 N–H and O–H groups in total. The fraction of sp³-hybridized carbons (Fsp3) is 0.286. The Morgan fingerprint density at radius 1 is 1.60 bits per heavy atom. The van der Waals surface area contributed by atoms with Gasteiger partial charge in [0.05, 0.1) is 0 Å². The van der Waals surface area contributed by atoms with Gasteiger partial charge in [-0.1, -0.05) is 11.6 Å². The second kappa shape index (κ2) is 5.22. The van der Waals surface area contributed by atoms with Gasteiger partial charge in [0.15, 0.2) is 5.16 Å². The third-order valence-corrected chi connectivity index (χ3v) is 2.46. The van der Waals surface area contributed by atoms with Crippen LogP contribution in [0.15, 0.2) is 16.8 Å². The van der Waals surface area contributed by atoms with Crippen molar-refractivity contribution in [2.75, 3.05) is 0 Å². The summed E-state index contributed by atoms with van der Waals surface area (Å²) >= 11 is 5.86. The summed E-state index contributed by atoms with van der Waals surface area (Å²) in [6.45, 7) is 0. The highest BCUT2D eigenvalue weighted by molar-refractivity contribution is 8.13. The zero-order valence-electron chi connectivity index (χ0n) is 7.52. The second-order valence-corrected chi connectivity index (χ2v) is 3.64. The summed E-state index contributed by atoms with van der Waals surface area (Å²) < 4.78 is 25.6. The largest absolute Gasteiger partial charge is 0.304 e. The van der Waals surface area contributed by atoms with Gasteiger partial charge < -0.3 is 4.57 Å². The molecule has 0 radical (unpaired) electrons. The van der Waals surface area contributed by atoms with Gasteiger partial charge in [0.25, 0.3) is 6.43 Å². The van der Waals surface area contributed by atoms with Crippen molar-refractivity contribution in [3.63, 3.8) is 0 Å². The fourth-order valence-corrected chi connectivity index (χ4v) is 1.60. The van der Waals surface area contributed by atoms with Crippen LogP contribution in [0, 0.1) is 0 Å². The van der Waals surface area contributed by atoms with Crippen molar-refractivity contribution < 1.29 is 13.6 Å². The van der Waals surface area contributed by atoms with Crippen LogP contribution >= 0.6 is 23.4 Å². The predicted octanol–water partition coefficient (Wildman–Crippen LogP) is 2.12. The topological polar surface area (TPSA) is 47.8 Å². The summed E-state index contributed by atoms with van der Waals surface area (Å²) in [7, 11) is 1.36. The summed E-state index contributed by atoms with van der Waals surface area (Å²) in [6, 6.07) is 0. The van der Waals surface area contributed by atoms with Crippen LogP contribution in [0.25, 0.3) is 0 Å². The highest BCUT2D eigenvalue weighted by atomic mass is 35.5. The van der Waals surface area contributed by atoms with E-state index in [0.717, 1.165) is 16.2 Å². The number of nitrogens with zero attached hydrogens (tertiary/aromatic N) is 3. The lowest BCUT2D eigenvalue weighted by Gasteiger charge is -1.99. The lowest BCUT2D eigenvalue weighted by molar-refractivity contribution is -0.107. The Bertz CT molecular complexity index is 394. The molecule has 0 unspecified atom stereocenters. The summed E-state index contributed by atoms with van der Waals surface area (Å²) in [5.41, 5.74) is 1.04. The quantitative estimate of drug-likeness (QED) is 0.612. The Kier molecular flexibility index (Phi) is 4.22. The molecule has 4 nitrogen and oxygen atoms in total. The Labute approximate surface area is 93.3 Å². The molecular weight excluding hydrogens is 248 g/mol. The van der Waals surface area contributed by atoms with E-state index in [1.165, 1.54) is 7.05 Å². The van der Waals surface area contributed by atoms with Crippen LogP contribution in [-0.2, 0) is 11.8 Å². The lowest BCUT2D eigenvalue weighted by atomic mass is 10.6.